The second-order valence-electron chi connectivity index (χ2n) is 4.24. The number of hydrogen-bond donors (Lipinski definition) is 4. The quantitative estimate of drug-likeness (QED) is 0.621. The number of amides is 1. The number of nitrogens with one attached hydrogen (secondary N) is 2. The van der Waals surface area contributed by atoms with Gasteiger partial charge in [0.05, 0.1) is 24.5 Å². The molecule has 0 radical (unpaired) electrons. The van der Waals surface area contributed by atoms with E-state index in [1.165, 1.54) is 6.20 Å². The minimum atomic E-state index is -0.370. The zero-order chi connectivity index (χ0) is 13.7. The monoisotopic (exact) mass is 260 g/mol. The summed E-state index contributed by atoms with van der Waals surface area (Å²) < 4.78 is 0. The minimum absolute atomic E-state index is 0.144. The zero-order valence-corrected chi connectivity index (χ0v) is 10.3. The number of aliphatic hydroxyl groups is 1. The van der Waals surface area contributed by atoms with Gasteiger partial charge in [-0.25, -0.2) is 0 Å². The summed E-state index contributed by atoms with van der Waals surface area (Å²) in [7, 11) is 0. The summed E-state index contributed by atoms with van der Waals surface area (Å²) in [6.45, 7) is -0.144. The van der Waals surface area contributed by atoms with Gasteiger partial charge < -0.3 is 16.2 Å². The molecule has 0 saturated heterocycles. The van der Waals surface area contributed by atoms with E-state index in [9.17, 15) is 9.90 Å². The van der Waals surface area contributed by atoms with E-state index in [4.69, 9.17) is 5.73 Å². The largest absolute Gasteiger partial charge is 0.396 e. The van der Waals surface area contributed by atoms with Gasteiger partial charge in [-0.15, -0.1) is 0 Å². The van der Waals surface area contributed by atoms with Gasteiger partial charge in [0.1, 0.15) is 5.69 Å². The second-order valence-corrected chi connectivity index (χ2v) is 4.24. The molecule has 0 aliphatic carbocycles. The molecule has 1 atom stereocenters. The molecule has 1 aromatic heterocycles. The molecule has 6 nitrogen and oxygen atoms in total. The molecule has 0 saturated carbocycles. The molecule has 1 unspecified atom stereocenters. The van der Waals surface area contributed by atoms with Crippen LogP contribution in [0.15, 0.2) is 36.5 Å². The van der Waals surface area contributed by atoms with Crippen molar-refractivity contribution in [2.24, 2.45) is 0 Å². The highest BCUT2D eigenvalue weighted by molar-refractivity contribution is 5.97. The van der Waals surface area contributed by atoms with Gasteiger partial charge in [0, 0.05) is 0 Å². The molecule has 2 aromatic rings. The number of rotatable bonds is 5. The second kappa shape index (κ2) is 6.01. The summed E-state index contributed by atoms with van der Waals surface area (Å²) in [4.78, 5) is 11.9. The molecule has 0 aliphatic rings. The van der Waals surface area contributed by atoms with Crippen molar-refractivity contribution in [3.63, 3.8) is 0 Å². The highest BCUT2D eigenvalue weighted by Crippen LogP contribution is 2.07. The van der Waals surface area contributed by atoms with Crippen molar-refractivity contribution >= 4 is 11.6 Å². The number of aromatic amines is 1. The number of benzene rings is 1. The number of nitrogen functional groups attached to an aromatic ring is 1. The normalized spacial score (nSPS) is 12.1. The number of carbonyl (C=O) groups excluding carboxylic acids is 1. The number of nitrogens with zero attached hydrogens (tertiary/aromatic N) is 1. The Labute approximate surface area is 110 Å². The van der Waals surface area contributed by atoms with Crippen molar-refractivity contribution in [2.45, 2.75) is 12.5 Å². The van der Waals surface area contributed by atoms with Gasteiger partial charge in [-0.05, 0) is 12.0 Å². The van der Waals surface area contributed by atoms with Gasteiger partial charge in [-0.1, -0.05) is 30.3 Å². The predicted octanol–water partition coefficient (Wildman–Crippen LogP) is 0.325. The fourth-order valence-corrected chi connectivity index (χ4v) is 1.79. The van der Waals surface area contributed by atoms with Gasteiger partial charge in [-0.3, -0.25) is 9.89 Å². The van der Waals surface area contributed by atoms with Crippen molar-refractivity contribution in [3.05, 3.63) is 47.8 Å². The lowest BCUT2D eigenvalue weighted by molar-refractivity contribution is 0.0912. The molecular weight excluding hydrogens is 244 g/mol. The first-order chi connectivity index (χ1) is 9.20. The highest BCUT2D eigenvalue weighted by Gasteiger charge is 2.16. The van der Waals surface area contributed by atoms with E-state index in [-0.39, 0.29) is 29.9 Å². The van der Waals surface area contributed by atoms with Crippen LogP contribution in [0.4, 0.5) is 5.69 Å². The third kappa shape index (κ3) is 3.32. The number of H-pyrrole nitrogens is 1. The first-order valence-corrected chi connectivity index (χ1v) is 5.95. The number of anilines is 1. The molecule has 1 amide bonds. The molecule has 1 heterocycles. The van der Waals surface area contributed by atoms with Crippen LogP contribution in [0.2, 0.25) is 0 Å². The molecular formula is C13H16N4O2. The van der Waals surface area contributed by atoms with Gasteiger partial charge in [-0.2, -0.15) is 5.10 Å². The van der Waals surface area contributed by atoms with E-state index in [0.717, 1.165) is 5.56 Å². The van der Waals surface area contributed by atoms with Gasteiger partial charge in [0.2, 0.25) is 0 Å². The van der Waals surface area contributed by atoms with Crippen molar-refractivity contribution in [1.82, 2.24) is 15.5 Å². The summed E-state index contributed by atoms with van der Waals surface area (Å²) in [5.41, 5.74) is 7.14. The third-order valence-corrected chi connectivity index (χ3v) is 2.78. The fraction of sp³-hybridized carbons (Fsp3) is 0.231. The number of aliphatic hydroxyl groups excluding tert-OH is 1. The molecule has 0 aliphatic heterocycles. The molecule has 0 bridgehead atoms. The summed E-state index contributed by atoms with van der Waals surface area (Å²) in [6.07, 6.45) is 1.93. The van der Waals surface area contributed by atoms with E-state index >= 15 is 0 Å². The SMILES string of the molecule is Nc1cn[nH]c1C(=O)NC(CO)Cc1ccccc1. The van der Waals surface area contributed by atoms with Crippen molar-refractivity contribution in [3.8, 4) is 0 Å². The maximum absolute atomic E-state index is 11.9. The Balaban J connectivity index is 2.00. The van der Waals surface area contributed by atoms with Crippen molar-refractivity contribution in [1.29, 1.82) is 0 Å². The molecule has 2 rings (SSSR count). The lowest BCUT2D eigenvalue weighted by Crippen LogP contribution is -2.39. The summed E-state index contributed by atoms with van der Waals surface area (Å²) in [6, 6.07) is 9.27. The van der Waals surface area contributed by atoms with E-state index < -0.39 is 0 Å². The van der Waals surface area contributed by atoms with Crippen LogP contribution in [0.5, 0.6) is 0 Å². The van der Waals surface area contributed by atoms with E-state index in [0.29, 0.717) is 6.42 Å². The Bertz CT molecular complexity index is 539. The van der Waals surface area contributed by atoms with Gasteiger partial charge in [0.15, 0.2) is 0 Å². The maximum Gasteiger partial charge on any atom is 0.271 e. The maximum atomic E-state index is 11.9. The molecule has 100 valence electrons. The molecule has 6 heteroatoms. The standard InChI is InChI=1S/C13H16N4O2/c14-11-7-15-17-12(11)13(19)16-10(8-18)6-9-4-2-1-3-5-9/h1-5,7,10,18H,6,8,14H2,(H,15,17)(H,16,19). The molecule has 0 spiro atoms. The molecule has 19 heavy (non-hydrogen) atoms. The summed E-state index contributed by atoms with van der Waals surface area (Å²) in [5.74, 6) is -0.370. The fourth-order valence-electron chi connectivity index (χ4n) is 1.79. The average molecular weight is 260 g/mol. The first kappa shape index (κ1) is 13.1. The number of carbonyl (C=O) groups is 1. The van der Waals surface area contributed by atoms with Gasteiger partial charge >= 0.3 is 0 Å². The van der Waals surface area contributed by atoms with Crippen LogP contribution in [0.25, 0.3) is 0 Å². The highest BCUT2D eigenvalue weighted by atomic mass is 16.3. The van der Waals surface area contributed by atoms with Crippen molar-refractivity contribution < 1.29 is 9.90 Å². The number of hydrogen-bond acceptors (Lipinski definition) is 4. The smallest absolute Gasteiger partial charge is 0.271 e. The van der Waals surface area contributed by atoms with Crippen LogP contribution in [-0.4, -0.2) is 33.9 Å². The summed E-state index contributed by atoms with van der Waals surface area (Å²) in [5, 5.41) is 18.3. The van der Waals surface area contributed by atoms with Crippen LogP contribution in [0, 0.1) is 0 Å². The predicted molar refractivity (Wildman–Crippen MR) is 71.5 cm³/mol. The van der Waals surface area contributed by atoms with Crippen LogP contribution in [-0.2, 0) is 6.42 Å². The number of nitrogens with two attached hydrogens (primary N) is 1. The third-order valence-electron chi connectivity index (χ3n) is 2.78. The molecule has 1 aromatic carbocycles. The number of aromatic nitrogens is 2. The van der Waals surface area contributed by atoms with Crippen molar-refractivity contribution in [2.75, 3.05) is 12.3 Å². The molecule has 5 N–H and O–H groups in total. The zero-order valence-electron chi connectivity index (χ0n) is 10.3. The van der Waals surface area contributed by atoms with Crippen LogP contribution in [0.3, 0.4) is 0 Å². The minimum Gasteiger partial charge on any atom is -0.396 e. The Morgan fingerprint density at radius 3 is 2.74 bits per heavy atom. The lowest BCUT2D eigenvalue weighted by atomic mass is 10.1. The Kier molecular flexibility index (Phi) is 4.15. The topological polar surface area (TPSA) is 104 Å². The van der Waals surface area contributed by atoms with Crippen LogP contribution < -0.4 is 11.1 Å². The van der Waals surface area contributed by atoms with Gasteiger partial charge in [0.25, 0.3) is 5.91 Å². The average Bonchev–Trinajstić information content (AvgIpc) is 2.85. The van der Waals surface area contributed by atoms with Crippen LogP contribution >= 0.6 is 0 Å². The Morgan fingerprint density at radius 1 is 1.42 bits per heavy atom. The first-order valence-electron chi connectivity index (χ1n) is 5.95. The Hall–Kier alpha value is -2.34. The van der Waals surface area contributed by atoms with E-state index in [2.05, 4.69) is 15.5 Å². The van der Waals surface area contributed by atoms with Crippen LogP contribution in [0.1, 0.15) is 16.1 Å². The Morgan fingerprint density at radius 2 is 2.16 bits per heavy atom. The summed E-state index contributed by atoms with van der Waals surface area (Å²) >= 11 is 0. The van der Waals surface area contributed by atoms with E-state index in [1.54, 1.807) is 0 Å². The molecule has 0 fully saturated rings. The lowest BCUT2D eigenvalue weighted by Gasteiger charge is -2.16. The van der Waals surface area contributed by atoms with E-state index in [1.807, 2.05) is 30.3 Å².